The van der Waals surface area contributed by atoms with E-state index in [9.17, 15) is 14.7 Å². The van der Waals surface area contributed by atoms with Gasteiger partial charge in [0.1, 0.15) is 23.7 Å². The minimum absolute atomic E-state index is 0.0817. The highest BCUT2D eigenvalue weighted by atomic mass is 16.6. The molecule has 0 aliphatic carbocycles. The van der Waals surface area contributed by atoms with E-state index in [1.54, 1.807) is 13.0 Å². The van der Waals surface area contributed by atoms with Gasteiger partial charge < -0.3 is 19.3 Å². The van der Waals surface area contributed by atoms with Crippen molar-refractivity contribution in [1.29, 1.82) is 0 Å². The minimum atomic E-state index is -1.07. The lowest BCUT2D eigenvalue weighted by atomic mass is 10.2. The van der Waals surface area contributed by atoms with Gasteiger partial charge in [0.2, 0.25) is 0 Å². The summed E-state index contributed by atoms with van der Waals surface area (Å²) in [5.74, 6) is -1.33. The fourth-order valence-corrected chi connectivity index (χ4v) is 2.04. The molecule has 0 aliphatic rings. The van der Waals surface area contributed by atoms with Crippen LogP contribution in [0.2, 0.25) is 0 Å². The zero-order valence-electron chi connectivity index (χ0n) is 14.1. The SMILES string of the molecule is CCOC(=O)C(C)OC(=O)c1cc(OCc2ccccc2)ccc1O. The monoisotopic (exact) mass is 344 g/mol. The van der Waals surface area contributed by atoms with Crippen LogP contribution in [0.4, 0.5) is 0 Å². The first-order valence-electron chi connectivity index (χ1n) is 7.88. The standard InChI is InChI=1S/C19H20O6/c1-3-23-18(21)13(2)25-19(22)16-11-15(9-10-17(16)20)24-12-14-7-5-4-6-8-14/h4-11,13,20H,3,12H2,1-2H3. The Bertz CT molecular complexity index is 726. The molecule has 0 radical (unpaired) electrons. The zero-order valence-corrected chi connectivity index (χ0v) is 14.1. The van der Waals surface area contributed by atoms with Gasteiger partial charge in [-0.15, -0.1) is 0 Å². The molecule has 0 heterocycles. The largest absolute Gasteiger partial charge is 0.507 e. The van der Waals surface area contributed by atoms with E-state index in [0.717, 1.165) is 5.56 Å². The Morgan fingerprint density at radius 1 is 1.12 bits per heavy atom. The normalized spacial score (nSPS) is 11.4. The molecule has 6 nitrogen and oxygen atoms in total. The fraction of sp³-hybridized carbons (Fsp3) is 0.263. The molecule has 2 aromatic carbocycles. The minimum Gasteiger partial charge on any atom is -0.507 e. The van der Waals surface area contributed by atoms with Gasteiger partial charge in [-0.25, -0.2) is 9.59 Å². The van der Waals surface area contributed by atoms with Gasteiger partial charge in [0.05, 0.1) is 6.61 Å². The lowest BCUT2D eigenvalue weighted by Gasteiger charge is -2.13. The molecule has 0 bridgehead atoms. The van der Waals surface area contributed by atoms with Crippen LogP contribution in [-0.2, 0) is 20.9 Å². The maximum Gasteiger partial charge on any atom is 0.347 e. The summed E-state index contributed by atoms with van der Waals surface area (Å²) in [4.78, 5) is 23.7. The highest BCUT2D eigenvalue weighted by molar-refractivity contribution is 5.94. The molecular formula is C19H20O6. The van der Waals surface area contributed by atoms with Crippen molar-refractivity contribution < 1.29 is 28.9 Å². The van der Waals surface area contributed by atoms with Gasteiger partial charge in [0, 0.05) is 0 Å². The topological polar surface area (TPSA) is 82.1 Å². The number of ether oxygens (including phenoxy) is 3. The lowest BCUT2D eigenvalue weighted by Crippen LogP contribution is -2.26. The predicted molar refractivity (Wildman–Crippen MR) is 90.4 cm³/mol. The number of esters is 2. The average Bonchev–Trinajstić information content (AvgIpc) is 2.62. The summed E-state index contributed by atoms with van der Waals surface area (Å²) >= 11 is 0. The number of benzene rings is 2. The molecule has 6 heteroatoms. The van der Waals surface area contributed by atoms with Gasteiger partial charge >= 0.3 is 11.9 Å². The molecule has 0 fully saturated rings. The van der Waals surface area contributed by atoms with Crippen molar-refractivity contribution in [3.8, 4) is 11.5 Å². The third kappa shape index (κ3) is 5.24. The van der Waals surface area contributed by atoms with E-state index in [0.29, 0.717) is 12.4 Å². The maximum atomic E-state index is 12.2. The van der Waals surface area contributed by atoms with Crippen LogP contribution in [0, 0.1) is 0 Å². The number of phenols is 1. The molecule has 132 valence electrons. The Balaban J connectivity index is 2.05. The Morgan fingerprint density at radius 3 is 2.52 bits per heavy atom. The average molecular weight is 344 g/mol. The van der Waals surface area contributed by atoms with Crippen LogP contribution in [0.3, 0.4) is 0 Å². The summed E-state index contributed by atoms with van der Waals surface area (Å²) < 4.78 is 15.4. The Morgan fingerprint density at radius 2 is 1.84 bits per heavy atom. The Labute approximate surface area is 146 Å². The van der Waals surface area contributed by atoms with Crippen molar-refractivity contribution in [1.82, 2.24) is 0 Å². The van der Waals surface area contributed by atoms with E-state index < -0.39 is 18.0 Å². The van der Waals surface area contributed by atoms with Gasteiger partial charge in [-0.1, -0.05) is 30.3 Å². The second-order valence-electron chi connectivity index (χ2n) is 5.25. The van der Waals surface area contributed by atoms with Crippen molar-refractivity contribution in [3.05, 3.63) is 59.7 Å². The van der Waals surface area contributed by atoms with Crippen molar-refractivity contribution in [3.63, 3.8) is 0 Å². The van der Waals surface area contributed by atoms with E-state index in [1.165, 1.54) is 19.1 Å². The second kappa shape index (κ2) is 8.73. The van der Waals surface area contributed by atoms with Crippen LogP contribution in [0.25, 0.3) is 0 Å². The van der Waals surface area contributed by atoms with Gasteiger partial charge in [-0.3, -0.25) is 0 Å². The van der Waals surface area contributed by atoms with E-state index >= 15 is 0 Å². The molecule has 1 unspecified atom stereocenters. The molecule has 0 aliphatic heterocycles. The highest BCUT2D eigenvalue weighted by Crippen LogP contribution is 2.25. The quantitative estimate of drug-likeness (QED) is 0.777. The van der Waals surface area contributed by atoms with Gasteiger partial charge in [0.15, 0.2) is 6.10 Å². The van der Waals surface area contributed by atoms with Crippen LogP contribution < -0.4 is 4.74 Å². The molecule has 2 aromatic rings. The summed E-state index contributed by atoms with van der Waals surface area (Å²) in [6.07, 6.45) is -1.07. The summed E-state index contributed by atoms with van der Waals surface area (Å²) in [5.41, 5.74) is 0.886. The second-order valence-corrected chi connectivity index (χ2v) is 5.25. The van der Waals surface area contributed by atoms with E-state index in [4.69, 9.17) is 14.2 Å². The van der Waals surface area contributed by atoms with Crippen molar-refractivity contribution >= 4 is 11.9 Å². The molecule has 25 heavy (non-hydrogen) atoms. The van der Waals surface area contributed by atoms with Crippen molar-refractivity contribution in [2.75, 3.05) is 6.61 Å². The summed E-state index contributed by atoms with van der Waals surface area (Å²) in [7, 11) is 0. The van der Waals surface area contributed by atoms with Crippen LogP contribution in [0.15, 0.2) is 48.5 Å². The molecular weight excluding hydrogens is 324 g/mol. The summed E-state index contributed by atoms with van der Waals surface area (Å²) in [6.45, 7) is 3.57. The number of aromatic hydroxyl groups is 1. The molecule has 1 atom stereocenters. The van der Waals surface area contributed by atoms with Crippen LogP contribution in [0.1, 0.15) is 29.8 Å². The molecule has 0 spiro atoms. The summed E-state index contributed by atoms with van der Waals surface area (Å²) in [6, 6.07) is 13.8. The molecule has 2 rings (SSSR count). The molecule has 1 N–H and O–H groups in total. The highest BCUT2D eigenvalue weighted by Gasteiger charge is 2.22. The number of carbonyl (C=O) groups excluding carboxylic acids is 2. The van der Waals surface area contributed by atoms with Crippen molar-refractivity contribution in [2.45, 2.75) is 26.6 Å². The summed E-state index contributed by atoms with van der Waals surface area (Å²) in [5, 5.41) is 9.87. The first-order valence-corrected chi connectivity index (χ1v) is 7.88. The van der Waals surface area contributed by atoms with E-state index in [2.05, 4.69) is 0 Å². The van der Waals surface area contributed by atoms with Crippen molar-refractivity contribution in [2.24, 2.45) is 0 Å². The fourth-order valence-electron chi connectivity index (χ4n) is 2.04. The first kappa shape index (κ1) is 18.3. The molecule has 0 amide bonds. The van der Waals surface area contributed by atoms with Gasteiger partial charge in [-0.05, 0) is 37.6 Å². The van der Waals surface area contributed by atoms with E-state index in [-0.39, 0.29) is 17.9 Å². The third-order valence-corrected chi connectivity index (χ3v) is 3.34. The lowest BCUT2D eigenvalue weighted by molar-refractivity contribution is -0.152. The van der Waals surface area contributed by atoms with Crippen LogP contribution in [0.5, 0.6) is 11.5 Å². The third-order valence-electron chi connectivity index (χ3n) is 3.34. The molecule has 0 aromatic heterocycles. The van der Waals surface area contributed by atoms with Crippen LogP contribution in [-0.4, -0.2) is 29.8 Å². The number of phenolic OH excluding ortho intramolecular Hbond substituents is 1. The zero-order chi connectivity index (χ0) is 18.2. The Kier molecular flexibility index (Phi) is 6.39. The maximum absolute atomic E-state index is 12.2. The Hall–Kier alpha value is -3.02. The smallest absolute Gasteiger partial charge is 0.347 e. The number of hydrogen-bond acceptors (Lipinski definition) is 6. The van der Waals surface area contributed by atoms with E-state index in [1.807, 2.05) is 30.3 Å². The first-order chi connectivity index (χ1) is 12.0. The number of carbonyl (C=O) groups is 2. The number of rotatable bonds is 7. The van der Waals surface area contributed by atoms with Crippen LogP contribution >= 0.6 is 0 Å². The predicted octanol–water partition coefficient (Wildman–Crippen LogP) is 3.08. The van der Waals surface area contributed by atoms with Gasteiger partial charge in [-0.2, -0.15) is 0 Å². The number of hydrogen-bond donors (Lipinski definition) is 1. The molecule has 0 saturated heterocycles. The molecule has 0 saturated carbocycles. The van der Waals surface area contributed by atoms with Gasteiger partial charge in [0.25, 0.3) is 0 Å².